The minimum atomic E-state index is -0.674. The minimum Gasteiger partial charge on any atom is -0.466 e. The van der Waals surface area contributed by atoms with E-state index < -0.39 is 23.4 Å². The van der Waals surface area contributed by atoms with Crippen molar-refractivity contribution in [1.29, 1.82) is 0 Å². The van der Waals surface area contributed by atoms with Gasteiger partial charge < -0.3 is 15.6 Å². The third-order valence-electron chi connectivity index (χ3n) is 3.62. The van der Waals surface area contributed by atoms with E-state index in [0.29, 0.717) is 16.3 Å². The van der Waals surface area contributed by atoms with Crippen molar-refractivity contribution in [3.05, 3.63) is 55.4 Å². The van der Waals surface area contributed by atoms with Crippen LogP contribution in [0.5, 0.6) is 0 Å². The number of carbonyl (C=O) groups excluding carboxylic acids is 2. The highest BCUT2D eigenvalue weighted by atomic mass is 35.5. The number of nitrogens with two attached hydrogens (primary N) is 1. The van der Waals surface area contributed by atoms with Crippen LogP contribution in [0.1, 0.15) is 36.1 Å². The molecule has 0 spiro atoms. The van der Waals surface area contributed by atoms with Crippen molar-refractivity contribution in [1.82, 2.24) is 10.2 Å². The Hall–Kier alpha value is -2.25. The van der Waals surface area contributed by atoms with Crippen molar-refractivity contribution in [2.45, 2.75) is 25.7 Å². The largest absolute Gasteiger partial charge is 0.466 e. The first-order valence-electron chi connectivity index (χ1n) is 7.51. The SMILES string of the molecule is CCOC(=O)Cc1[nH][nH]c(=O)c1[C@H](CC(N)=O)c1ccc(Cl)c(Cl)c1. The molecule has 2 aromatic rings. The van der Waals surface area contributed by atoms with Gasteiger partial charge in [0.15, 0.2) is 0 Å². The number of hydrogen-bond acceptors (Lipinski definition) is 4. The van der Waals surface area contributed by atoms with E-state index in [-0.39, 0.29) is 30.0 Å². The standard InChI is InChI=1S/C16H17Cl2N3O4/c1-2-25-14(23)7-12-15(16(24)21-20-12)9(6-13(19)22)8-3-4-10(17)11(18)5-8/h3-5,9H,2,6-7H2,1H3,(H2,19,22)(H2,20,21,24)/t9-/m1/s1. The normalized spacial score (nSPS) is 12.0. The van der Waals surface area contributed by atoms with Gasteiger partial charge in [0.05, 0.1) is 28.8 Å². The summed E-state index contributed by atoms with van der Waals surface area (Å²) in [6.45, 7) is 1.91. The molecule has 0 aliphatic heterocycles. The van der Waals surface area contributed by atoms with Gasteiger partial charge in [-0.1, -0.05) is 29.3 Å². The lowest BCUT2D eigenvalue weighted by Crippen LogP contribution is -2.22. The fraction of sp³-hybridized carbons (Fsp3) is 0.312. The van der Waals surface area contributed by atoms with E-state index in [1.165, 1.54) is 0 Å². The summed E-state index contributed by atoms with van der Waals surface area (Å²) in [5.41, 5.74) is 6.06. The van der Waals surface area contributed by atoms with E-state index in [4.69, 9.17) is 33.7 Å². The molecule has 1 heterocycles. The Kier molecular flexibility index (Phi) is 6.27. The Bertz CT molecular complexity index is 844. The molecule has 0 saturated carbocycles. The van der Waals surface area contributed by atoms with E-state index in [1.807, 2.05) is 0 Å². The molecular formula is C16H17Cl2N3O4. The molecule has 0 radical (unpaired) electrons. The van der Waals surface area contributed by atoms with Gasteiger partial charge in [-0.25, -0.2) is 0 Å². The third kappa shape index (κ3) is 4.64. The summed E-state index contributed by atoms with van der Waals surface area (Å²) < 4.78 is 4.91. The van der Waals surface area contributed by atoms with Crippen molar-refractivity contribution in [3.8, 4) is 0 Å². The van der Waals surface area contributed by atoms with Crippen LogP contribution in [0, 0.1) is 0 Å². The molecule has 0 saturated heterocycles. The number of aromatic amines is 2. The number of esters is 1. The highest BCUT2D eigenvalue weighted by Gasteiger charge is 2.26. The number of halogens is 2. The number of carbonyl (C=O) groups is 2. The Morgan fingerprint density at radius 1 is 1.24 bits per heavy atom. The highest BCUT2D eigenvalue weighted by Crippen LogP contribution is 2.32. The molecule has 0 aliphatic carbocycles. The van der Waals surface area contributed by atoms with Crippen LogP contribution in [-0.2, 0) is 20.7 Å². The number of benzene rings is 1. The summed E-state index contributed by atoms with van der Waals surface area (Å²) in [7, 11) is 0. The molecule has 9 heteroatoms. The fourth-order valence-corrected chi connectivity index (χ4v) is 2.89. The quantitative estimate of drug-likeness (QED) is 0.632. The molecule has 134 valence electrons. The molecule has 1 aromatic carbocycles. The van der Waals surface area contributed by atoms with Gasteiger partial charge in [-0.2, -0.15) is 0 Å². The van der Waals surface area contributed by atoms with Crippen LogP contribution >= 0.6 is 23.2 Å². The van der Waals surface area contributed by atoms with Crippen LogP contribution in [0.4, 0.5) is 0 Å². The second-order valence-electron chi connectivity index (χ2n) is 5.35. The van der Waals surface area contributed by atoms with E-state index >= 15 is 0 Å². The fourth-order valence-electron chi connectivity index (χ4n) is 2.59. The Morgan fingerprint density at radius 2 is 1.96 bits per heavy atom. The first kappa shape index (κ1) is 19.1. The Balaban J connectivity index is 2.49. The Morgan fingerprint density at radius 3 is 2.56 bits per heavy atom. The average Bonchev–Trinajstić information content (AvgIpc) is 2.88. The van der Waals surface area contributed by atoms with Crippen LogP contribution in [0.25, 0.3) is 0 Å². The summed E-state index contributed by atoms with van der Waals surface area (Å²) in [6.07, 6.45) is -0.271. The number of rotatable bonds is 7. The highest BCUT2D eigenvalue weighted by molar-refractivity contribution is 6.42. The lowest BCUT2D eigenvalue weighted by atomic mass is 9.87. The van der Waals surface area contributed by atoms with Crippen LogP contribution in [-0.4, -0.2) is 28.7 Å². The monoisotopic (exact) mass is 385 g/mol. The number of nitrogens with one attached hydrogen (secondary N) is 2. The first-order valence-corrected chi connectivity index (χ1v) is 8.27. The molecule has 25 heavy (non-hydrogen) atoms. The van der Waals surface area contributed by atoms with Crippen LogP contribution in [0.3, 0.4) is 0 Å². The smallest absolute Gasteiger partial charge is 0.311 e. The number of H-pyrrole nitrogens is 2. The summed E-state index contributed by atoms with van der Waals surface area (Å²) >= 11 is 12.0. The zero-order valence-corrected chi connectivity index (χ0v) is 14.9. The predicted molar refractivity (Wildman–Crippen MR) is 93.9 cm³/mol. The summed E-state index contributed by atoms with van der Waals surface area (Å²) in [4.78, 5) is 35.6. The third-order valence-corrected chi connectivity index (χ3v) is 4.36. The van der Waals surface area contributed by atoms with Gasteiger partial charge in [-0.3, -0.25) is 19.5 Å². The number of amides is 1. The first-order chi connectivity index (χ1) is 11.8. The second kappa shape index (κ2) is 8.22. The molecule has 4 N–H and O–H groups in total. The van der Waals surface area contributed by atoms with Crippen molar-refractivity contribution in [2.24, 2.45) is 5.73 Å². The molecular weight excluding hydrogens is 369 g/mol. The minimum absolute atomic E-state index is 0.130. The van der Waals surface area contributed by atoms with Gasteiger partial charge in [-0.05, 0) is 24.6 Å². The average molecular weight is 386 g/mol. The molecule has 0 bridgehead atoms. The van der Waals surface area contributed by atoms with Gasteiger partial charge in [0, 0.05) is 17.9 Å². The van der Waals surface area contributed by atoms with Crippen LogP contribution in [0.2, 0.25) is 10.0 Å². The zero-order chi connectivity index (χ0) is 18.6. The maximum atomic E-state index is 12.3. The summed E-state index contributed by atoms with van der Waals surface area (Å²) in [5, 5.41) is 5.73. The van der Waals surface area contributed by atoms with Gasteiger partial charge >= 0.3 is 5.97 Å². The van der Waals surface area contributed by atoms with E-state index in [0.717, 1.165) is 0 Å². The molecule has 0 unspecified atom stereocenters. The van der Waals surface area contributed by atoms with Crippen LogP contribution in [0.15, 0.2) is 23.0 Å². The van der Waals surface area contributed by atoms with Crippen molar-refractivity contribution in [3.63, 3.8) is 0 Å². The molecule has 0 fully saturated rings. The molecule has 0 aliphatic rings. The number of aromatic nitrogens is 2. The lowest BCUT2D eigenvalue weighted by molar-refractivity contribution is -0.142. The summed E-state index contributed by atoms with van der Waals surface area (Å²) in [5.74, 6) is -1.77. The van der Waals surface area contributed by atoms with E-state index in [1.54, 1.807) is 25.1 Å². The van der Waals surface area contributed by atoms with Crippen LogP contribution < -0.4 is 11.3 Å². The Labute approximate surface area is 153 Å². The van der Waals surface area contributed by atoms with Crippen molar-refractivity contribution < 1.29 is 14.3 Å². The number of hydrogen-bond donors (Lipinski definition) is 3. The van der Waals surface area contributed by atoms with E-state index in [9.17, 15) is 14.4 Å². The molecule has 1 amide bonds. The van der Waals surface area contributed by atoms with Gasteiger partial charge in [0.25, 0.3) is 5.56 Å². The molecule has 1 aromatic heterocycles. The summed E-state index contributed by atoms with van der Waals surface area (Å²) in [6, 6.07) is 4.79. The molecule has 2 rings (SSSR count). The van der Waals surface area contributed by atoms with Crippen molar-refractivity contribution in [2.75, 3.05) is 6.61 Å². The lowest BCUT2D eigenvalue weighted by Gasteiger charge is -2.16. The van der Waals surface area contributed by atoms with Gasteiger partial charge in [0.2, 0.25) is 5.91 Å². The maximum absolute atomic E-state index is 12.3. The molecule has 1 atom stereocenters. The van der Waals surface area contributed by atoms with Crippen molar-refractivity contribution >= 4 is 35.1 Å². The van der Waals surface area contributed by atoms with Gasteiger partial charge in [-0.15, -0.1) is 0 Å². The topological polar surface area (TPSA) is 118 Å². The second-order valence-corrected chi connectivity index (χ2v) is 6.16. The number of ether oxygens (including phenoxy) is 1. The van der Waals surface area contributed by atoms with E-state index in [2.05, 4.69) is 10.2 Å². The molecule has 7 nitrogen and oxygen atoms in total. The predicted octanol–water partition coefficient (Wildman–Crippen LogP) is 2.12. The zero-order valence-electron chi connectivity index (χ0n) is 13.4. The van der Waals surface area contributed by atoms with Gasteiger partial charge in [0.1, 0.15) is 0 Å². The maximum Gasteiger partial charge on any atom is 0.311 e. The number of primary amides is 1.